The zero-order valence-electron chi connectivity index (χ0n) is 11.6. The number of hydrogen-bond donors (Lipinski definition) is 1. The lowest BCUT2D eigenvalue weighted by Gasteiger charge is -2.08. The Labute approximate surface area is 123 Å². The fourth-order valence-electron chi connectivity index (χ4n) is 1.75. The van der Waals surface area contributed by atoms with Gasteiger partial charge in [0, 0.05) is 10.6 Å². The lowest BCUT2D eigenvalue weighted by atomic mass is 10.2. The second-order valence-electron chi connectivity index (χ2n) is 4.39. The molecule has 104 valence electrons. The first-order valence-corrected chi connectivity index (χ1v) is 7.53. The summed E-state index contributed by atoms with van der Waals surface area (Å²) in [4.78, 5) is 12.9. The Morgan fingerprint density at radius 1 is 1.20 bits per heavy atom. The van der Waals surface area contributed by atoms with Crippen LogP contribution >= 0.6 is 11.8 Å². The van der Waals surface area contributed by atoms with Crippen LogP contribution in [0.15, 0.2) is 53.4 Å². The van der Waals surface area contributed by atoms with E-state index in [1.54, 1.807) is 11.8 Å². The van der Waals surface area contributed by atoms with Crippen molar-refractivity contribution in [1.82, 2.24) is 0 Å². The summed E-state index contributed by atoms with van der Waals surface area (Å²) in [5, 5.41) is 2.82. The zero-order chi connectivity index (χ0) is 14.4. The monoisotopic (exact) mass is 287 g/mol. The molecule has 1 N–H and O–H groups in total. The fourth-order valence-corrected chi connectivity index (χ4v) is 2.21. The molecule has 0 radical (unpaired) electrons. The van der Waals surface area contributed by atoms with E-state index in [9.17, 15) is 4.79 Å². The summed E-state index contributed by atoms with van der Waals surface area (Å²) >= 11 is 1.64. The number of benzene rings is 2. The molecule has 0 heterocycles. The van der Waals surface area contributed by atoms with Crippen LogP contribution in [-0.2, 0) is 4.79 Å². The molecule has 2 aromatic rings. The van der Waals surface area contributed by atoms with Gasteiger partial charge in [-0.1, -0.05) is 18.2 Å². The SMILES string of the molecule is CSc1cccc(NC(=O)COc2cccc(C)c2)c1. The first kappa shape index (κ1) is 14.5. The highest BCUT2D eigenvalue weighted by atomic mass is 32.2. The number of nitrogens with one attached hydrogen (secondary N) is 1. The Balaban J connectivity index is 1.89. The highest BCUT2D eigenvalue weighted by Crippen LogP contribution is 2.19. The summed E-state index contributed by atoms with van der Waals surface area (Å²) < 4.78 is 5.46. The number of aryl methyl sites for hydroxylation is 1. The van der Waals surface area contributed by atoms with Crippen molar-refractivity contribution in [1.29, 1.82) is 0 Å². The topological polar surface area (TPSA) is 38.3 Å². The maximum absolute atomic E-state index is 11.8. The van der Waals surface area contributed by atoms with E-state index in [0.717, 1.165) is 16.1 Å². The molecule has 0 saturated carbocycles. The molecule has 20 heavy (non-hydrogen) atoms. The maximum atomic E-state index is 11.8. The molecule has 0 spiro atoms. The molecule has 2 aromatic carbocycles. The zero-order valence-corrected chi connectivity index (χ0v) is 12.4. The molecule has 0 aliphatic heterocycles. The lowest BCUT2D eigenvalue weighted by Crippen LogP contribution is -2.20. The molecule has 0 aliphatic carbocycles. The first-order chi connectivity index (χ1) is 9.67. The van der Waals surface area contributed by atoms with Crippen LogP contribution in [0.1, 0.15) is 5.56 Å². The molecule has 0 bridgehead atoms. The van der Waals surface area contributed by atoms with Crippen molar-refractivity contribution >= 4 is 23.4 Å². The van der Waals surface area contributed by atoms with Crippen molar-refractivity contribution < 1.29 is 9.53 Å². The molecular formula is C16H17NO2S. The normalized spacial score (nSPS) is 10.1. The van der Waals surface area contributed by atoms with E-state index in [-0.39, 0.29) is 12.5 Å². The summed E-state index contributed by atoms with van der Waals surface area (Å²) in [7, 11) is 0. The Morgan fingerprint density at radius 2 is 2.00 bits per heavy atom. The lowest BCUT2D eigenvalue weighted by molar-refractivity contribution is -0.118. The van der Waals surface area contributed by atoms with Crippen molar-refractivity contribution in [3.8, 4) is 5.75 Å². The average Bonchev–Trinajstić information content (AvgIpc) is 2.45. The van der Waals surface area contributed by atoms with E-state index in [1.165, 1.54) is 0 Å². The number of ether oxygens (including phenoxy) is 1. The second-order valence-corrected chi connectivity index (χ2v) is 5.26. The van der Waals surface area contributed by atoms with Crippen LogP contribution in [0.2, 0.25) is 0 Å². The number of anilines is 1. The summed E-state index contributed by atoms with van der Waals surface area (Å²) in [6.45, 7) is 1.99. The fraction of sp³-hybridized carbons (Fsp3) is 0.188. The van der Waals surface area contributed by atoms with E-state index < -0.39 is 0 Å². The van der Waals surface area contributed by atoms with Gasteiger partial charge >= 0.3 is 0 Å². The number of carbonyl (C=O) groups is 1. The summed E-state index contributed by atoms with van der Waals surface area (Å²) in [6.07, 6.45) is 2.00. The molecule has 4 heteroatoms. The molecule has 0 unspecified atom stereocenters. The van der Waals surface area contributed by atoms with Crippen molar-refractivity contribution in [3.63, 3.8) is 0 Å². The van der Waals surface area contributed by atoms with Gasteiger partial charge < -0.3 is 10.1 Å². The Hall–Kier alpha value is -1.94. The minimum Gasteiger partial charge on any atom is -0.484 e. The van der Waals surface area contributed by atoms with E-state index in [4.69, 9.17) is 4.74 Å². The third kappa shape index (κ3) is 4.31. The largest absolute Gasteiger partial charge is 0.484 e. The molecule has 0 atom stereocenters. The highest BCUT2D eigenvalue weighted by Gasteiger charge is 2.04. The number of rotatable bonds is 5. The average molecular weight is 287 g/mol. The van der Waals surface area contributed by atoms with Crippen molar-refractivity contribution in [2.75, 3.05) is 18.2 Å². The highest BCUT2D eigenvalue weighted by molar-refractivity contribution is 7.98. The van der Waals surface area contributed by atoms with Gasteiger partial charge in [0.25, 0.3) is 5.91 Å². The molecule has 0 aromatic heterocycles. The third-order valence-corrected chi connectivity index (χ3v) is 3.44. The minimum atomic E-state index is -0.162. The summed E-state index contributed by atoms with van der Waals surface area (Å²) in [6, 6.07) is 15.4. The molecule has 3 nitrogen and oxygen atoms in total. The van der Waals surface area contributed by atoms with E-state index in [0.29, 0.717) is 5.75 Å². The van der Waals surface area contributed by atoms with Gasteiger partial charge in [-0.3, -0.25) is 4.79 Å². The van der Waals surface area contributed by atoms with Crippen LogP contribution in [-0.4, -0.2) is 18.8 Å². The molecule has 1 amide bonds. The van der Waals surface area contributed by atoms with Gasteiger partial charge in [-0.2, -0.15) is 0 Å². The van der Waals surface area contributed by atoms with Crippen molar-refractivity contribution in [3.05, 3.63) is 54.1 Å². The minimum absolute atomic E-state index is 0.00689. The first-order valence-electron chi connectivity index (χ1n) is 6.31. The van der Waals surface area contributed by atoms with E-state index in [2.05, 4.69) is 5.32 Å². The van der Waals surface area contributed by atoms with Crippen molar-refractivity contribution in [2.45, 2.75) is 11.8 Å². The van der Waals surface area contributed by atoms with Crippen LogP contribution < -0.4 is 10.1 Å². The van der Waals surface area contributed by atoms with Crippen molar-refractivity contribution in [2.24, 2.45) is 0 Å². The quantitative estimate of drug-likeness (QED) is 0.851. The third-order valence-electron chi connectivity index (χ3n) is 2.71. The van der Waals surface area contributed by atoms with Gasteiger partial charge in [-0.15, -0.1) is 11.8 Å². The van der Waals surface area contributed by atoms with Crippen LogP contribution in [0, 0.1) is 6.92 Å². The van der Waals surface area contributed by atoms with E-state index >= 15 is 0 Å². The Bertz CT molecular complexity index is 599. The number of thioether (sulfide) groups is 1. The molecule has 0 aliphatic rings. The summed E-state index contributed by atoms with van der Waals surface area (Å²) in [5.74, 6) is 0.544. The van der Waals surface area contributed by atoms with Gasteiger partial charge in [0.15, 0.2) is 6.61 Å². The van der Waals surface area contributed by atoms with Crippen LogP contribution in [0.5, 0.6) is 5.75 Å². The van der Waals surface area contributed by atoms with Crippen LogP contribution in [0.3, 0.4) is 0 Å². The van der Waals surface area contributed by atoms with Gasteiger partial charge in [-0.25, -0.2) is 0 Å². The van der Waals surface area contributed by atoms with Gasteiger partial charge in [0.1, 0.15) is 5.75 Å². The Kier molecular flexibility index (Phi) is 5.07. The molecular weight excluding hydrogens is 270 g/mol. The number of amides is 1. The van der Waals surface area contributed by atoms with Crippen LogP contribution in [0.25, 0.3) is 0 Å². The predicted octanol–water partition coefficient (Wildman–Crippen LogP) is 3.73. The van der Waals surface area contributed by atoms with Gasteiger partial charge in [0.2, 0.25) is 0 Å². The number of carbonyl (C=O) groups excluding carboxylic acids is 1. The summed E-state index contributed by atoms with van der Waals surface area (Å²) in [5.41, 5.74) is 1.89. The smallest absolute Gasteiger partial charge is 0.262 e. The Morgan fingerprint density at radius 3 is 2.75 bits per heavy atom. The molecule has 0 fully saturated rings. The standard InChI is InChI=1S/C16H17NO2S/c1-12-5-3-7-14(9-12)19-11-16(18)17-13-6-4-8-15(10-13)20-2/h3-10H,11H2,1-2H3,(H,17,18). The maximum Gasteiger partial charge on any atom is 0.262 e. The second kappa shape index (κ2) is 7.01. The number of hydrogen-bond acceptors (Lipinski definition) is 3. The van der Waals surface area contributed by atoms with Crippen LogP contribution in [0.4, 0.5) is 5.69 Å². The van der Waals surface area contributed by atoms with Gasteiger partial charge in [-0.05, 0) is 49.1 Å². The van der Waals surface area contributed by atoms with E-state index in [1.807, 2.05) is 61.7 Å². The molecule has 2 rings (SSSR count). The predicted molar refractivity (Wildman–Crippen MR) is 83.5 cm³/mol. The molecule has 0 saturated heterocycles. The van der Waals surface area contributed by atoms with Gasteiger partial charge in [0.05, 0.1) is 0 Å².